The summed E-state index contributed by atoms with van der Waals surface area (Å²) >= 11 is 11.8. The van der Waals surface area contributed by atoms with Crippen LogP contribution in [0, 0.1) is 0 Å². The molecule has 1 aliphatic rings. The Morgan fingerprint density at radius 1 is 1.33 bits per heavy atom. The molecule has 0 saturated heterocycles. The highest BCUT2D eigenvalue weighted by Gasteiger charge is 2.45. The number of aromatic nitrogens is 1. The number of hydrogen-bond donors (Lipinski definition) is 1. The van der Waals surface area contributed by atoms with Crippen molar-refractivity contribution in [1.82, 2.24) is 4.98 Å². The number of fused-ring (bicyclic) bond motifs is 1. The highest BCUT2D eigenvalue weighted by Crippen LogP contribution is 2.43. The summed E-state index contributed by atoms with van der Waals surface area (Å²) in [4.78, 5) is 16.6. The molecule has 1 heterocycles. The van der Waals surface area contributed by atoms with E-state index in [9.17, 15) is 9.90 Å². The number of hydrogen-bond acceptors (Lipinski definition) is 3. The zero-order chi connectivity index (χ0) is 17.3. The van der Waals surface area contributed by atoms with Crippen molar-refractivity contribution in [1.29, 1.82) is 0 Å². The highest BCUT2D eigenvalue weighted by atomic mass is 35.5. The van der Waals surface area contributed by atoms with E-state index in [2.05, 4.69) is 4.98 Å². The van der Waals surface area contributed by atoms with E-state index < -0.39 is 17.6 Å². The molecule has 6 heteroatoms. The number of aryl methyl sites for hydroxylation is 1. The van der Waals surface area contributed by atoms with Crippen LogP contribution < -0.4 is 0 Å². The number of benzene rings is 1. The standard InChI is InChI=1S/C18H16Cl2FNO2/c19-13-5-3-11(10-14(13)20)4-6-16(24)18(21)8-7-15(23)17-12(18)2-1-9-22-17/h1-3,5,9-10,15,23H,4,6-8H2/t15-,18-/m0/s1. The van der Waals surface area contributed by atoms with Gasteiger partial charge in [-0.05, 0) is 43.0 Å². The van der Waals surface area contributed by atoms with Gasteiger partial charge in [-0.25, -0.2) is 4.39 Å². The maximum absolute atomic E-state index is 15.4. The number of Topliss-reactive ketones (excluding diaryl/α,β-unsaturated/α-hetero) is 1. The van der Waals surface area contributed by atoms with E-state index in [4.69, 9.17) is 23.2 Å². The van der Waals surface area contributed by atoms with Gasteiger partial charge in [0.25, 0.3) is 0 Å². The Morgan fingerprint density at radius 3 is 2.88 bits per heavy atom. The van der Waals surface area contributed by atoms with Crippen LogP contribution in [0.15, 0.2) is 36.5 Å². The van der Waals surface area contributed by atoms with E-state index in [1.807, 2.05) is 0 Å². The van der Waals surface area contributed by atoms with Crippen LogP contribution >= 0.6 is 23.2 Å². The first-order valence-electron chi connectivity index (χ1n) is 7.71. The van der Waals surface area contributed by atoms with Gasteiger partial charge in [-0.15, -0.1) is 0 Å². The second-order valence-electron chi connectivity index (χ2n) is 5.96. The smallest absolute Gasteiger partial charge is 0.195 e. The van der Waals surface area contributed by atoms with Crippen LogP contribution in [-0.4, -0.2) is 15.9 Å². The normalized spacial score (nSPS) is 22.9. The zero-order valence-electron chi connectivity index (χ0n) is 12.8. The van der Waals surface area contributed by atoms with E-state index in [1.165, 1.54) is 12.3 Å². The number of carbonyl (C=O) groups excluding carboxylic acids is 1. The van der Waals surface area contributed by atoms with E-state index in [0.717, 1.165) is 5.56 Å². The molecule has 0 radical (unpaired) electrons. The van der Waals surface area contributed by atoms with Gasteiger partial charge in [0.2, 0.25) is 0 Å². The highest BCUT2D eigenvalue weighted by molar-refractivity contribution is 6.42. The lowest BCUT2D eigenvalue weighted by molar-refractivity contribution is -0.133. The van der Waals surface area contributed by atoms with Crippen molar-refractivity contribution in [2.45, 2.75) is 37.5 Å². The van der Waals surface area contributed by atoms with Crippen molar-refractivity contribution in [3.05, 3.63) is 63.4 Å². The quantitative estimate of drug-likeness (QED) is 0.859. The summed E-state index contributed by atoms with van der Waals surface area (Å²) in [5, 5.41) is 10.8. The molecule has 3 nitrogen and oxygen atoms in total. The van der Waals surface area contributed by atoms with E-state index >= 15 is 4.39 Å². The van der Waals surface area contributed by atoms with Crippen LogP contribution in [0.2, 0.25) is 10.0 Å². The van der Waals surface area contributed by atoms with Crippen molar-refractivity contribution in [3.8, 4) is 0 Å². The fourth-order valence-electron chi connectivity index (χ4n) is 3.07. The van der Waals surface area contributed by atoms with E-state index in [1.54, 1.807) is 24.3 Å². The molecule has 2 aromatic rings. The molecule has 1 N–H and O–H groups in total. The molecule has 0 amide bonds. The maximum Gasteiger partial charge on any atom is 0.195 e. The van der Waals surface area contributed by atoms with Gasteiger partial charge in [-0.2, -0.15) is 0 Å². The van der Waals surface area contributed by atoms with Crippen LogP contribution in [0.25, 0.3) is 0 Å². The van der Waals surface area contributed by atoms with Gasteiger partial charge in [-0.3, -0.25) is 9.78 Å². The first-order chi connectivity index (χ1) is 11.4. The predicted octanol–water partition coefficient (Wildman–Crippen LogP) is 4.58. The predicted molar refractivity (Wildman–Crippen MR) is 91.0 cm³/mol. The molecule has 0 bridgehead atoms. The van der Waals surface area contributed by atoms with E-state index in [0.29, 0.717) is 16.5 Å². The molecular weight excluding hydrogens is 352 g/mol. The van der Waals surface area contributed by atoms with Gasteiger partial charge in [0, 0.05) is 18.2 Å². The SMILES string of the molecule is O=C(CCc1ccc(Cl)c(Cl)c1)[C@]1(F)CC[C@H](O)c2ncccc21. The third-order valence-electron chi connectivity index (χ3n) is 4.41. The molecule has 24 heavy (non-hydrogen) atoms. The van der Waals surface area contributed by atoms with E-state index in [-0.39, 0.29) is 30.5 Å². The Kier molecular flexibility index (Phi) is 4.90. The Morgan fingerprint density at radius 2 is 2.12 bits per heavy atom. The average Bonchev–Trinajstić information content (AvgIpc) is 2.59. The minimum atomic E-state index is -2.10. The molecule has 1 aromatic carbocycles. The lowest BCUT2D eigenvalue weighted by Crippen LogP contribution is -2.36. The number of aliphatic hydroxyl groups excluding tert-OH is 1. The second-order valence-corrected chi connectivity index (χ2v) is 6.78. The Labute approximate surface area is 149 Å². The maximum atomic E-state index is 15.4. The molecule has 0 unspecified atom stereocenters. The topological polar surface area (TPSA) is 50.2 Å². The molecule has 0 fully saturated rings. The number of pyridine rings is 1. The molecule has 126 valence electrons. The fraction of sp³-hybridized carbons (Fsp3) is 0.333. The van der Waals surface area contributed by atoms with Gasteiger partial charge < -0.3 is 5.11 Å². The Balaban J connectivity index is 1.79. The van der Waals surface area contributed by atoms with Gasteiger partial charge in [0.1, 0.15) is 0 Å². The minimum absolute atomic E-state index is 0.0347. The van der Waals surface area contributed by atoms with Gasteiger partial charge >= 0.3 is 0 Å². The van der Waals surface area contributed by atoms with Crippen LogP contribution in [0.3, 0.4) is 0 Å². The molecular formula is C18H16Cl2FNO2. The lowest BCUT2D eigenvalue weighted by atomic mass is 9.77. The Hall–Kier alpha value is -1.49. The van der Waals surface area contributed by atoms with Crippen LogP contribution in [0.4, 0.5) is 4.39 Å². The number of halogens is 3. The van der Waals surface area contributed by atoms with Crippen molar-refractivity contribution in [2.24, 2.45) is 0 Å². The second kappa shape index (κ2) is 6.79. The average molecular weight is 368 g/mol. The van der Waals surface area contributed by atoms with Crippen LogP contribution in [0.5, 0.6) is 0 Å². The first kappa shape index (κ1) is 17.3. The van der Waals surface area contributed by atoms with Crippen LogP contribution in [-0.2, 0) is 16.9 Å². The van der Waals surface area contributed by atoms with Gasteiger partial charge in [-0.1, -0.05) is 35.3 Å². The van der Waals surface area contributed by atoms with Crippen molar-refractivity contribution < 1.29 is 14.3 Å². The summed E-state index contributed by atoms with van der Waals surface area (Å²) in [6, 6.07) is 8.22. The lowest BCUT2D eigenvalue weighted by Gasteiger charge is -2.32. The third-order valence-corrected chi connectivity index (χ3v) is 5.15. The summed E-state index contributed by atoms with van der Waals surface area (Å²) in [7, 11) is 0. The summed E-state index contributed by atoms with van der Waals surface area (Å²) in [6.45, 7) is 0. The molecule has 0 aliphatic heterocycles. The number of aliphatic hydroxyl groups is 1. The van der Waals surface area contributed by atoms with Gasteiger partial charge in [0.15, 0.2) is 11.5 Å². The number of carbonyl (C=O) groups is 1. The molecule has 0 saturated carbocycles. The summed E-state index contributed by atoms with van der Waals surface area (Å²) in [6.07, 6.45) is 1.23. The minimum Gasteiger partial charge on any atom is -0.387 e. The van der Waals surface area contributed by atoms with Crippen LogP contribution in [0.1, 0.15) is 42.2 Å². The largest absolute Gasteiger partial charge is 0.387 e. The summed E-state index contributed by atoms with van der Waals surface area (Å²) < 4.78 is 15.4. The number of alkyl halides is 1. The molecule has 0 spiro atoms. The van der Waals surface area contributed by atoms with Crippen molar-refractivity contribution in [2.75, 3.05) is 0 Å². The fourth-order valence-corrected chi connectivity index (χ4v) is 3.39. The molecule has 2 atom stereocenters. The first-order valence-corrected chi connectivity index (χ1v) is 8.47. The summed E-state index contributed by atoms with van der Waals surface area (Å²) in [5.41, 5.74) is -0.834. The summed E-state index contributed by atoms with van der Waals surface area (Å²) in [5.74, 6) is -0.505. The number of rotatable bonds is 4. The molecule has 1 aromatic heterocycles. The number of nitrogens with zero attached hydrogens (tertiary/aromatic N) is 1. The monoisotopic (exact) mass is 367 g/mol. The Bertz CT molecular complexity index is 783. The zero-order valence-corrected chi connectivity index (χ0v) is 14.3. The molecule has 3 rings (SSSR count). The third kappa shape index (κ3) is 3.18. The van der Waals surface area contributed by atoms with Crippen molar-refractivity contribution in [3.63, 3.8) is 0 Å². The van der Waals surface area contributed by atoms with Gasteiger partial charge in [0.05, 0.1) is 21.8 Å². The molecule has 1 aliphatic carbocycles. The van der Waals surface area contributed by atoms with Crippen molar-refractivity contribution >= 4 is 29.0 Å². The number of ketones is 1.